The Morgan fingerprint density at radius 1 is 1.08 bits per heavy atom. The first-order valence-electron chi connectivity index (χ1n) is 8.64. The second kappa shape index (κ2) is 8.40. The zero-order valence-corrected chi connectivity index (χ0v) is 14.7. The summed E-state index contributed by atoms with van der Waals surface area (Å²) in [7, 11) is 2.00. The lowest BCUT2D eigenvalue weighted by Crippen LogP contribution is -2.17. The molecule has 26 heavy (non-hydrogen) atoms. The van der Waals surface area contributed by atoms with Crippen molar-refractivity contribution in [1.82, 2.24) is 15.4 Å². The SMILES string of the molecule is CN(c1ccc(CCCCC(=O)NO)cc1)c1ncnc2ccccc12. The van der Waals surface area contributed by atoms with E-state index in [2.05, 4.69) is 39.1 Å². The summed E-state index contributed by atoms with van der Waals surface area (Å²) in [6.07, 6.45) is 4.49. The number of hydrogen-bond donors (Lipinski definition) is 2. The van der Waals surface area contributed by atoms with Crippen molar-refractivity contribution in [2.24, 2.45) is 0 Å². The molecule has 0 saturated heterocycles. The highest BCUT2D eigenvalue weighted by Gasteiger charge is 2.10. The first-order valence-corrected chi connectivity index (χ1v) is 8.64. The minimum absolute atomic E-state index is 0.334. The van der Waals surface area contributed by atoms with Gasteiger partial charge in [-0.25, -0.2) is 15.4 Å². The van der Waals surface area contributed by atoms with E-state index < -0.39 is 0 Å². The number of anilines is 2. The molecule has 1 amide bonds. The average Bonchev–Trinajstić information content (AvgIpc) is 2.70. The number of para-hydroxylation sites is 1. The number of nitrogens with one attached hydrogen (secondary N) is 1. The number of amides is 1. The Balaban J connectivity index is 1.67. The molecular weight excluding hydrogens is 328 g/mol. The summed E-state index contributed by atoms with van der Waals surface area (Å²) in [6.45, 7) is 0. The lowest BCUT2D eigenvalue weighted by molar-refractivity contribution is -0.129. The van der Waals surface area contributed by atoms with E-state index in [1.165, 1.54) is 5.56 Å². The van der Waals surface area contributed by atoms with Gasteiger partial charge < -0.3 is 4.90 Å². The van der Waals surface area contributed by atoms with Crippen LogP contribution in [0.3, 0.4) is 0 Å². The van der Waals surface area contributed by atoms with Crippen molar-refractivity contribution in [2.75, 3.05) is 11.9 Å². The van der Waals surface area contributed by atoms with Crippen LogP contribution in [-0.2, 0) is 11.2 Å². The molecule has 0 atom stereocenters. The number of aromatic nitrogens is 2. The standard InChI is InChI=1S/C20H22N4O2/c1-24(20-17-7-3-4-8-18(17)21-14-22-20)16-12-10-15(11-13-16)6-2-5-9-19(25)23-26/h3-4,7-8,10-14,26H,2,5-6,9H2,1H3,(H,23,25). The third-order valence-corrected chi connectivity index (χ3v) is 4.41. The van der Waals surface area contributed by atoms with Crippen molar-refractivity contribution in [1.29, 1.82) is 0 Å². The predicted molar refractivity (Wildman–Crippen MR) is 102 cm³/mol. The number of hydroxylamine groups is 1. The van der Waals surface area contributed by atoms with E-state index in [9.17, 15) is 4.79 Å². The van der Waals surface area contributed by atoms with Gasteiger partial charge in [0.05, 0.1) is 5.52 Å². The summed E-state index contributed by atoms with van der Waals surface area (Å²) in [5.41, 5.74) is 4.86. The lowest BCUT2D eigenvalue weighted by Gasteiger charge is -2.20. The fraction of sp³-hybridized carbons (Fsp3) is 0.250. The fourth-order valence-electron chi connectivity index (χ4n) is 2.94. The number of carbonyl (C=O) groups excluding carboxylic acids is 1. The van der Waals surface area contributed by atoms with Crippen molar-refractivity contribution < 1.29 is 10.0 Å². The predicted octanol–water partition coefficient (Wildman–Crippen LogP) is 3.62. The zero-order valence-electron chi connectivity index (χ0n) is 14.7. The van der Waals surface area contributed by atoms with E-state index in [-0.39, 0.29) is 5.91 Å². The van der Waals surface area contributed by atoms with Crippen molar-refractivity contribution in [3.8, 4) is 0 Å². The Labute approximate surface area is 152 Å². The normalized spacial score (nSPS) is 10.7. The monoisotopic (exact) mass is 350 g/mol. The average molecular weight is 350 g/mol. The first kappa shape index (κ1) is 17.8. The van der Waals surface area contributed by atoms with Crippen LogP contribution < -0.4 is 10.4 Å². The third kappa shape index (κ3) is 4.15. The second-order valence-electron chi connectivity index (χ2n) is 6.18. The fourth-order valence-corrected chi connectivity index (χ4v) is 2.94. The molecule has 3 rings (SSSR count). The van der Waals surface area contributed by atoms with E-state index in [4.69, 9.17) is 5.21 Å². The number of nitrogens with zero attached hydrogens (tertiary/aromatic N) is 3. The van der Waals surface area contributed by atoms with Gasteiger partial charge in [0.25, 0.3) is 0 Å². The van der Waals surface area contributed by atoms with Gasteiger partial charge in [-0.3, -0.25) is 10.0 Å². The lowest BCUT2D eigenvalue weighted by atomic mass is 10.1. The number of hydrogen-bond acceptors (Lipinski definition) is 5. The van der Waals surface area contributed by atoms with Gasteiger partial charge in [0.1, 0.15) is 12.1 Å². The summed E-state index contributed by atoms with van der Waals surface area (Å²) in [6, 6.07) is 16.3. The Kier molecular flexibility index (Phi) is 5.76. The minimum Gasteiger partial charge on any atom is -0.329 e. The van der Waals surface area contributed by atoms with Gasteiger partial charge in [-0.05, 0) is 49.1 Å². The van der Waals surface area contributed by atoms with Crippen molar-refractivity contribution >= 4 is 28.3 Å². The number of rotatable bonds is 7. The smallest absolute Gasteiger partial charge is 0.243 e. The highest BCUT2D eigenvalue weighted by molar-refractivity contribution is 5.91. The van der Waals surface area contributed by atoms with Crippen molar-refractivity contribution in [3.05, 3.63) is 60.4 Å². The molecule has 1 aromatic heterocycles. The van der Waals surface area contributed by atoms with E-state index in [1.54, 1.807) is 11.8 Å². The van der Waals surface area contributed by atoms with Gasteiger partial charge >= 0.3 is 0 Å². The van der Waals surface area contributed by atoms with Crippen LogP contribution in [0.4, 0.5) is 11.5 Å². The Morgan fingerprint density at radius 2 is 1.85 bits per heavy atom. The van der Waals surface area contributed by atoms with Crippen LogP contribution in [0.25, 0.3) is 10.9 Å². The van der Waals surface area contributed by atoms with Gasteiger partial charge in [0, 0.05) is 24.5 Å². The van der Waals surface area contributed by atoms with Crippen LogP contribution in [-0.4, -0.2) is 28.1 Å². The minimum atomic E-state index is -0.334. The third-order valence-electron chi connectivity index (χ3n) is 4.41. The highest BCUT2D eigenvalue weighted by atomic mass is 16.5. The quantitative estimate of drug-likeness (QED) is 0.387. The summed E-state index contributed by atoms with van der Waals surface area (Å²) < 4.78 is 0. The van der Waals surface area contributed by atoms with E-state index >= 15 is 0 Å². The molecule has 0 saturated carbocycles. The van der Waals surface area contributed by atoms with Crippen molar-refractivity contribution in [3.63, 3.8) is 0 Å². The topological polar surface area (TPSA) is 78.4 Å². The van der Waals surface area contributed by atoms with Crippen LogP contribution in [0.5, 0.6) is 0 Å². The Morgan fingerprint density at radius 3 is 2.62 bits per heavy atom. The number of unbranched alkanes of at least 4 members (excludes halogenated alkanes) is 1. The molecule has 0 fully saturated rings. The van der Waals surface area contributed by atoms with Crippen LogP contribution in [0.1, 0.15) is 24.8 Å². The van der Waals surface area contributed by atoms with Crippen LogP contribution in [0, 0.1) is 0 Å². The molecule has 0 unspecified atom stereocenters. The van der Waals surface area contributed by atoms with E-state index in [1.807, 2.05) is 31.3 Å². The van der Waals surface area contributed by atoms with Crippen LogP contribution in [0.2, 0.25) is 0 Å². The van der Waals surface area contributed by atoms with Crippen LogP contribution >= 0.6 is 0 Å². The molecule has 0 bridgehead atoms. The number of carbonyl (C=O) groups is 1. The van der Waals surface area contributed by atoms with Crippen molar-refractivity contribution in [2.45, 2.75) is 25.7 Å². The number of fused-ring (bicyclic) bond motifs is 1. The molecule has 2 N–H and O–H groups in total. The molecule has 0 aliphatic heterocycles. The molecule has 6 nitrogen and oxygen atoms in total. The van der Waals surface area contributed by atoms with Gasteiger partial charge in [0.2, 0.25) is 5.91 Å². The largest absolute Gasteiger partial charge is 0.329 e. The number of benzene rings is 2. The van der Waals surface area contributed by atoms with Gasteiger partial charge in [-0.1, -0.05) is 24.3 Å². The molecule has 6 heteroatoms. The highest BCUT2D eigenvalue weighted by Crippen LogP contribution is 2.28. The summed E-state index contributed by atoms with van der Waals surface area (Å²) in [4.78, 5) is 21.8. The molecule has 1 heterocycles. The first-order chi connectivity index (χ1) is 12.7. The molecular formula is C20H22N4O2. The van der Waals surface area contributed by atoms with Gasteiger partial charge in [-0.15, -0.1) is 0 Å². The van der Waals surface area contributed by atoms with Gasteiger partial charge in [-0.2, -0.15) is 0 Å². The van der Waals surface area contributed by atoms with Gasteiger partial charge in [0.15, 0.2) is 0 Å². The maximum Gasteiger partial charge on any atom is 0.243 e. The molecule has 0 aliphatic rings. The zero-order chi connectivity index (χ0) is 18.4. The molecule has 0 radical (unpaired) electrons. The van der Waals surface area contributed by atoms with E-state index in [0.717, 1.165) is 41.7 Å². The van der Waals surface area contributed by atoms with Crippen LogP contribution in [0.15, 0.2) is 54.9 Å². The Bertz CT molecular complexity index is 875. The molecule has 0 aliphatic carbocycles. The number of aryl methyl sites for hydroxylation is 1. The van der Waals surface area contributed by atoms with E-state index in [0.29, 0.717) is 6.42 Å². The second-order valence-corrected chi connectivity index (χ2v) is 6.18. The summed E-state index contributed by atoms with van der Waals surface area (Å²) in [5.74, 6) is 0.539. The maximum atomic E-state index is 11.0. The molecule has 0 spiro atoms. The molecule has 2 aromatic carbocycles. The molecule has 3 aromatic rings. The summed E-state index contributed by atoms with van der Waals surface area (Å²) >= 11 is 0. The maximum absolute atomic E-state index is 11.0. The Hall–Kier alpha value is -2.99. The summed E-state index contributed by atoms with van der Waals surface area (Å²) in [5, 5.41) is 9.50. The molecule has 134 valence electrons.